The van der Waals surface area contributed by atoms with Crippen molar-refractivity contribution in [3.8, 4) is 5.75 Å². The molecule has 150 valence electrons. The topological polar surface area (TPSA) is 98.5 Å². The third-order valence-electron chi connectivity index (χ3n) is 4.06. The maximum Gasteiger partial charge on any atom is 0.289 e. The van der Waals surface area contributed by atoms with E-state index >= 15 is 0 Å². The van der Waals surface area contributed by atoms with Gasteiger partial charge in [0.1, 0.15) is 18.2 Å². The Morgan fingerprint density at radius 2 is 1.55 bits per heavy atom. The van der Waals surface area contributed by atoms with Crippen LogP contribution in [0.25, 0.3) is 0 Å². The van der Waals surface area contributed by atoms with Gasteiger partial charge in [0.2, 0.25) is 10.0 Å². The van der Waals surface area contributed by atoms with Gasteiger partial charge in [-0.25, -0.2) is 17.5 Å². The van der Waals surface area contributed by atoms with E-state index in [0.29, 0.717) is 11.3 Å². The molecule has 3 rings (SSSR count). The Bertz CT molecular complexity index is 1100. The summed E-state index contributed by atoms with van der Waals surface area (Å²) in [5, 5.41) is 11.0. The second kappa shape index (κ2) is 8.80. The van der Waals surface area contributed by atoms with E-state index in [1.807, 2.05) is 0 Å². The normalized spacial score (nSPS) is 11.2. The van der Waals surface area contributed by atoms with E-state index in [0.717, 1.165) is 11.6 Å². The van der Waals surface area contributed by atoms with Gasteiger partial charge in [0.25, 0.3) is 5.69 Å². The number of nitro groups is 1. The highest BCUT2D eigenvalue weighted by atomic mass is 32.2. The van der Waals surface area contributed by atoms with Crippen molar-refractivity contribution in [2.24, 2.45) is 0 Å². The lowest BCUT2D eigenvalue weighted by Gasteiger charge is -2.09. The van der Waals surface area contributed by atoms with Crippen LogP contribution in [0, 0.1) is 15.9 Å². The summed E-state index contributed by atoms with van der Waals surface area (Å²) >= 11 is 0. The second-order valence-corrected chi connectivity index (χ2v) is 7.84. The second-order valence-electron chi connectivity index (χ2n) is 6.11. The lowest BCUT2D eigenvalue weighted by atomic mass is 10.2. The maximum absolute atomic E-state index is 12.9. The van der Waals surface area contributed by atoms with Crippen molar-refractivity contribution in [2.45, 2.75) is 18.0 Å². The van der Waals surface area contributed by atoms with Gasteiger partial charge in [0.15, 0.2) is 4.90 Å². The van der Waals surface area contributed by atoms with Crippen molar-refractivity contribution >= 4 is 15.7 Å². The number of nitrogens with one attached hydrogen (secondary N) is 1. The maximum atomic E-state index is 12.9. The minimum absolute atomic E-state index is 0.0351. The first kappa shape index (κ1) is 20.4. The molecule has 0 spiro atoms. The molecule has 0 heterocycles. The first-order valence-electron chi connectivity index (χ1n) is 8.54. The Kier molecular flexibility index (Phi) is 6.20. The zero-order valence-electron chi connectivity index (χ0n) is 15.1. The zero-order chi connectivity index (χ0) is 20.9. The standard InChI is InChI=1S/C20H17FN2O5S/c21-17-9-5-16(6-10-17)14-28-18-11-7-15(8-12-18)13-22-29(26,27)20-4-2-1-3-19(20)23(24)25/h1-12,22H,13-14H2. The quantitative estimate of drug-likeness (QED) is 0.445. The summed E-state index contributed by atoms with van der Waals surface area (Å²) in [5.41, 5.74) is 0.985. The molecule has 0 aliphatic heterocycles. The van der Waals surface area contributed by atoms with Crippen LogP contribution in [0.3, 0.4) is 0 Å². The smallest absolute Gasteiger partial charge is 0.289 e. The predicted octanol–water partition coefficient (Wildman–Crippen LogP) is 3.79. The van der Waals surface area contributed by atoms with Crippen LogP contribution in [0.15, 0.2) is 77.7 Å². The zero-order valence-corrected chi connectivity index (χ0v) is 15.9. The molecule has 0 unspecified atom stereocenters. The largest absolute Gasteiger partial charge is 0.489 e. The predicted molar refractivity (Wildman–Crippen MR) is 104 cm³/mol. The van der Waals surface area contributed by atoms with Crippen LogP contribution >= 0.6 is 0 Å². The van der Waals surface area contributed by atoms with Gasteiger partial charge in [-0.3, -0.25) is 10.1 Å². The number of hydrogen-bond donors (Lipinski definition) is 1. The molecule has 0 bridgehead atoms. The van der Waals surface area contributed by atoms with Crippen molar-refractivity contribution < 1.29 is 22.5 Å². The van der Waals surface area contributed by atoms with E-state index in [9.17, 15) is 22.9 Å². The fourth-order valence-corrected chi connectivity index (χ4v) is 3.73. The number of ether oxygens (including phenoxy) is 1. The molecule has 3 aromatic rings. The van der Waals surface area contributed by atoms with Crippen molar-refractivity contribution in [1.29, 1.82) is 0 Å². The van der Waals surface area contributed by atoms with Crippen LogP contribution in [-0.2, 0) is 23.2 Å². The molecular formula is C20H17FN2O5S. The van der Waals surface area contributed by atoms with Crippen LogP contribution in [0.1, 0.15) is 11.1 Å². The summed E-state index contributed by atoms with van der Waals surface area (Å²) < 4.78 is 45.7. The third kappa shape index (κ3) is 5.37. The molecule has 9 heteroatoms. The highest BCUT2D eigenvalue weighted by Gasteiger charge is 2.24. The number of para-hydroxylation sites is 1. The molecule has 0 fully saturated rings. The Labute approximate surface area is 167 Å². The Balaban J connectivity index is 1.61. The molecule has 3 aromatic carbocycles. The van der Waals surface area contributed by atoms with Gasteiger partial charge in [-0.1, -0.05) is 36.4 Å². The molecule has 0 aliphatic carbocycles. The number of halogens is 1. The van der Waals surface area contributed by atoms with Crippen LogP contribution in [0.4, 0.5) is 10.1 Å². The molecule has 0 aromatic heterocycles. The summed E-state index contributed by atoms with van der Waals surface area (Å²) in [6.07, 6.45) is 0. The van der Waals surface area contributed by atoms with Crippen molar-refractivity contribution in [3.63, 3.8) is 0 Å². The van der Waals surface area contributed by atoms with E-state index in [1.54, 1.807) is 36.4 Å². The minimum Gasteiger partial charge on any atom is -0.489 e. The number of rotatable bonds is 8. The summed E-state index contributed by atoms with van der Waals surface area (Å²) in [6.45, 7) is 0.233. The van der Waals surface area contributed by atoms with Gasteiger partial charge in [-0.15, -0.1) is 0 Å². The average Bonchev–Trinajstić information content (AvgIpc) is 2.72. The van der Waals surface area contributed by atoms with Crippen molar-refractivity contribution in [1.82, 2.24) is 4.72 Å². The van der Waals surface area contributed by atoms with Gasteiger partial charge in [0, 0.05) is 12.6 Å². The molecule has 0 saturated heterocycles. The fraction of sp³-hybridized carbons (Fsp3) is 0.100. The summed E-state index contributed by atoms with van der Waals surface area (Å²) in [5.74, 6) is 0.251. The fourth-order valence-electron chi connectivity index (χ4n) is 2.54. The van der Waals surface area contributed by atoms with Gasteiger partial charge in [-0.2, -0.15) is 0 Å². The monoisotopic (exact) mass is 416 g/mol. The number of sulfonamides is 1. The molecular weight excluding hydrogens is 399 g/mol. The molecule has 0 amide bonds. The van der Waals surface area contributed by atoms with E-state index in [4.69, 9.17) is 4.74 Å². The average molecular weight is 416 g/mol. The van der Waals surface area contributed by atoms with Crippen molar-refractivity contribution in [3.05, 3.63) is 99.9 Å². The number of nitro benzene ring substituents is 1. The molecule has 29 heavy (non-hydrogen) atoms. The van der Waals surface area contributed by atoms with Crippen LogP contribution in [0.5, 0.6) is 5.75 Å². The van der Waals surface area contributed by atoms with Crippen LogP contribution in [0.2, 0.25) is 0 Å². The minimum atomic E-state index is -4.05. The molecule has 0 saturated carbocycles. The summed E-state index contributed by atoms with van der Waals surface area (Å²) in [4.78, 5) is 9.92. The molecule has 7 nitrogen and oxygen atoms in total. The lowest BCUT2D eigenvalue weighted by molar-refractivity contribution is -0.387. The summed E-state index contributed by atoms with van der Waals surface area (Å²) in [6, 6.07) is 17.8. The molecule has 0 radical (unpaired) electrons. The third-order valence-corrected chi connectivity index (χ3v) is 5.51. The van der Waals surface area contributed by atoms with Crippen molar-refractivity contribution in [2.75, 3.05) is 0 Å². The van der Waals surface area contributed by atoms with Crippen LogP contribution < -0.4 is 9.46 Å². The van der Waals surface area contributed by atoms with E-state index in [1.165, 1.54) is 30.3 Å². The SMILES string of the molecule is O=[N+]([O-])c1ccccc1S(=O)(=O)NCc1ccc(OCc2ccc(F)cc2)cc1. The Morgan fingerprint density at radius 3 is 2.21 bits per heavy atom. The van der Waals surface area contributed by atoms with Gasteiger partial charge < -0.3 is 4.74 Å². The Morgan fingerprint density at radius 1 is 0.931 bits per heavy atom. The van der Waals surface area contributed by atoms with Gasteiger partial charge in [-0.05, 0) is 41.5 Å². The first-order chi connectivity index (χ1) is 13.8. The Hall–Kier alpha value is -3.30. The van der Waals surface area contributed by atoms with Gasteiger partial charge in [0.05, 0.1) is 4.92 Å². The molecule has 0 aliphatic rings. The molecule has 0 atom stereocenters. The van der Waals surface area contributed by atoms with Crippen LogP contribution in [-0.4, -0.2) is 13.3 Å². The summed E-state index contributed by atoms with van der Waals surface area (Å²) in [7, 11) is -4.05. The number of nitrogens with zero attached hydrogens (tertiary/aromatic N) is 1. The van der Waals surface area contributed by atoms with E-state index in [-0.39, 0.29) is 23.9 Å². The highest BCUT2D eigenvalue weighted by molar-refractivity contribution is 7.89. The first-order valence-corrected chi connectivity index (χ1v) is 10.0. The van der Waals surface area contributed by atoms with E-state index in [2.05, 4.69) is 4.72 Å². The van der Waals surface area contributed by atoms with E-state index < -0.39 is 20.6 Å². The van der Waals surface area contributed by atoms with Gasteiger partial charge >= 0.3 is 0 Å². The number of hydrogen-bond acceptors (Lipinski definition) is 5. The lowest BCUT2D eigenvalue weighted by Crippen LogP contribution is -2.24. The highest BCUT2D eigenvalue weighted by Crippen LogP contribution is 2.23. The molecule has 1 N–H and O–H groups in total. The number of benzene rings is 3.